The molecule has 1 aromatic heterocycles. The minimum absolute atomic E-state index is 0. The number of hydrogen-bond acceptors (Lipinski definition) is 1. The minimum atomic E-state index is -4.57. The van der Waals surface area contributed by atoms with E-state index in [1.165, 1.54) is 6.07 Å². The quantitative estimate of drug-likeness (QED) is 0.784. The summed E-state index contributed by atoms with van der Waals surface area (Å²) < 4.78 is 36.2. The van der Waals surface area contributed by atoms with Gasteiger partial charge in [-0.05, 0) is 18.6 Å². The summed E-state index contributed by atoms with van der Waals surface area (Å²) in [5.74, 6) is 0. The van der Waals surface area contributed by atoms with Gasteiger partial charge in [-0.1, -0.05) is 6.92 Å². The fourth-order valence-electron chi connectivity index (χ4n) is 0.944. The molecule has 0 aromatic carbocycles. The predicted molar refractivity (Wildman–Crippen MR) is 53.9 cm³/mol. The summed E-state index contributed by atoms with van der Waals surface area (Å²) >= 11 is 0. The molecule has 0 saturated heterocycles. The van der Waals surface area contributed by atoms with E-state index in [-0.39, 0.29) is 14.9 Å². The lowest BCUT2D eigenvalue weighted by atomic mass is 10.2. The molecule has 0 saturated carbocycles. The molecular formula is C8H12F3NOS. The molecule has 14 heavy (non-hydrogen) atoms. The Kier molecular flexibility index (Phi) is 4.25. The molecule has 1 N–H and O–H groups in total. The third kappa shape index (κ3) is 2.80. The average molecular weight is 227 g/mol. The first-order chi connectivity index (χ1) is 5.95. The van der Waals surface area contributed by atoms with Crippen molar-refractivity contribution < 1.29 is 14.6 Å². The molecule has 82 valence electrons. The second-order valence-corrected chi connectivity index (χ2v) is 2.58. The van der Waals surface area contributed by atoms with Gasteiger partial charge >= 0.3 is 6.18 Å². The molecule has 0 fully saturated rings. The summed E-state index contributed by atoms with van der Waals surface area (Å²) in [6, 6.07) is 2.07. The Morgan fingerprint density at radius 1 is 1.43 bits per heavy atom. The summed E-state index contributed by atoms with van der Waals surface area (Å²) in [7, 11) is 0. The van der Waals surface area contributed by atoms with E-state index >= 15 is 0 Å². The van der Waals surface area contributed by atoms with E-state index in [1.807, 2.05) is 0 Å². The van der Waals surface area contributed by atoms with Crippen LogP contribution in [0.15, 0.2) is 16.9 Å². The number of pyridine rings is 1. The lowest BCUT2D eigenvalue weighted by Crippen LogP contribution is -2.21. The molecule has 1 rings (SSSR count). The van der Waals surface area contributed by atoms with Crippen molar-refractivity contribution in [3.05, 3.63) is 33.7 Å². The number of rotatable bonds is 1. The normalized spacial score (nSPS) is 10.9. The van der Waals surface area contributed by atoms with Crippen LogP contribution in [-0.2, 0) is 12.6 Å². The van der Waals surface area contributed by atoms with Crippen LogP contribution >= 0.6 is 13.5 Å². The Bertz CT molecular complexity index is 364. The molecule has 1 aromatic rings. The van der Waals surface area contributed by atoms with Crippen molar-refractivity contribution in [3.63, 3.8) is 0 Å². The molecule has 0 aliphatic heterocycles. The Balaban J connectivity index is 0. The summed E-state index contributed by atoms with van der Waals surface area (Å²) in [6.45, 7) is 1.75. The number of nitrogens with one attached hydrogen (secondary N) is 1. The summed E-state index contributed by atoms with van der Waals surface area (Å²) in [5, 5.41) is 0. The Hall–Kier alpha value is -0.910. The third-order valence-corrected chi connectivity index (χ3v) is 1.66. The van der Waals surface area contributed by atoms with Crippen molar-refractivity contribution in [2.75, 3.05) is 0 Å². The Labute approximate surface area is 87.1 Å². The van der Waals surface area contributed by atoms with Gasteiger partial charge in [-0.2, -0.15) is 26.7 Å². The van der Waals surface area contributed by atoms with Crippen molar-refractivity contribution >= 4 is 13.5 Å². The fourth-order valence-corrected chi connectivity index (χ4v) is 0.944. The van der Waals surface area contributed by atoms with Gasteiger partial charge in [0, 0.05) is 7.12 Å². The number of hydrogen-bond donors (Lipinski definition) is 1. The number of halogens is 3. The van der Waals surface area contributed by atoms with E-state index in [0.717, 1.165) is 6.07 Å². The molecule has 0 atom stereocenters. The molecule has 0 amide bonds. The lowest BCUT2D eigenvalue weighted by molar-refractivity contribution is -0.138. The lowest BCUT2D eigenvalue weighted by Gasteiger charge is -2.05. The van der Waals surface area contributed by atoms with Crippen molar-refractivity contribution in [1.29, 1.82) is 0 Å². The van der Waals surface area contributed by atoms with Gasteiger partial charge in [-0.25, -0.2) is 0 Å². The van der Waals surface area contributed by atoms with E-state index in [4.69, 9.17) is 0 Å². The smallest absolute Gasteiger partial charge is 0.326 e. The monoisotopic (exact) mass is 227 g/mol. The van der Waals surface area contributed by atoms with E-state index in [9.17, 15) is 18.0 Å². The largest absolute Gasteiger partial charge is 0.421 e. The fraction of sp³-hybridized carbons (Fsp3) is 0.375. The first-order valence-corrected chi connectivity index (χ1v) is 3.74. The number of aryl methyl sites for hydroxylation is 1. The summed E-state index contributed by atoms with van der Waals surface area (Å²) in [6.07, 6.45) is -4.06. The molecule has 0 radical (unpaired) electrons. The molecule has 0 unspecified atom stereocenters. The first-order valence-electron chi connectivity index (χ1n) is 3.74. The molecule has 0 spiro atoms. The predicted octanol–water partition coefficient (Wildman–Crippen LogP) is 2.31. The maximum absolute atomic E-state index is 12.1. The minimum Gasteiger partial charge on any atom is -0.326 e. The van der Waals surface area contributed by atoms with Crippen LogP contribution in [0.2, 0.25) is 0 Å². The number of aromatic nitrogens is 1. The van der Waals surface area contributed by atoms with E-state index in [1.54, 1.807) is 6.92 Å². The number of H-pyrrole nitrogens is 1. The average Bonchev–Trinajstić information content (AvgIpc) is 2.01. The van der Waals surface area contributed by atoms with Crippen molar-refractivity contribution in [2.45, 2.75) is 19.5 Å². The standard InChI is InChI=1S/C8H8F3NO.H2S.H2/c1-2-5-3-4-6(7(13)12-5)8(9,10)11;;/h3-4H,2H2,1H3,(H,12,13);1H2;1H. The van der Waals surface area contributed by atoms with E-state index in [0.29, 0.717) is 12.1 Å². The van der Waals surface area contributed by atoms with Gasteiger partial charge in [-0.15, -0.1) is 0 Å². The second-order valence-electron chi connectivity index (χ2n) is 2.58. The van der Waals surface area contributed by atoms with Gasteiger partial charge < -0.3 is 4.98 Å². The topological polar surface area (TPSA) is 32.9 Å². The van der Waals surface area contributed by atoms with Gasteiger partial charge in [-0.3, -0.25) is 4.79 Å². The second kappa shape index (κ2) is 4.54. The van der Waals surface area contributed by atoms with E-state index < -0.39 is 17.3 Å². The maximum Gasteiger partial charge on any atom is 0.421 e. The zero-order chi connectivity index (χ0) is 10.1. The van der Waals surface area contributed by atoms with Crippen LogP contribution in [0.4, 0.5) is 13.2 Å². The van der Waals surface area contributed by atoms with Crippen molar-refractivity contribution in [3.8, 4) is 0 Å². The molecule has 6 heteroatoms. The highest BCUT2D eigenvalue weighted by atomic mass is 32.1. The SMILES string of the molecule is CCc1ccc(C(F)(F)F)c(=O)[nH]1.S.[HH]. The number of alkyl halides is 3. The summed E-state index contributed by atoms with van der Waals surface area (Å²) in [4.78, 5) is 13.0. The molecule has 2 nitrogen and oxygen atoms in total. The summed E-state index contributed by atoms with van der Waals surface area (Å²) in [5.41, 5.74) is -1.73. The highest BCUT2D eigenvalue weighted by Gasteiger charge is 2.33. The van der Waals surface area contributed by atoms with E-state index in [2.05, 4.69) is 4.98 Å². The van der Waals surface area contributed by atoms with Crippen molar-refractivity contribution in [2.24, 2.45) is 0 Å². The van der Waals surface area contributed by atoms with Gasteiger partial charge in [0.1, 0.15) is 5.56 Å². The van der Waals surface area contributed by atoms with Gasteiger partial charge in [0.2, 0.25) is 0 Å². The third-order valence-electron chi connectivity index (χ3n) is 1.66. The van der Waals surface area contributed by atoms with Crippen LogP contribution in [0, 0.1) is 0 Å². The molecular weight excluding hydrogens is 215 g/mol. The maximum atomic E-state index is 12.1. The van der Waals surface area contributed by atoms with Crippen LogP contribution in [0.3, 0.4) is 0 Å². The molecule has 0 aliphatic rings. The zero-order valence-electron chi connectivity index (χ0n) is 7.40. The highest BCUT2D eigenvalue weighted by molar-refractivity contribution is 7.59. The van der Waals surface area contributed by atoms with Gasteiger partial charge in [0.15, 0.2) is 0 Å². The molecule has 1 heterocycles. The van der Waals surface area contributed by atoms with Gasteiger partial charge in [0.05, 0.1) is 0 Å². The Morgan fingerprint density at radius 2 is 2.00 bits per heavy atom. The van der Waals surface area contributed by atoms with Crippen LogP contribution in [0.5, 0.6) is 0 Å². The van der Waals surface area contributed by atoms with Gasteiger partial charge in [0.25, 0.3) is 5.56 Å². The van der Waals surface area contributed by atoms with Crippen LogP contribution < -0.4 is 5.56 Å². The van der Waals surface area contributed by atoms with Crippen LogP contribution in [0.25, 0.3) is 0 Å². The molecule has 0 aliphatic carbocycles. The number of aromatic amines is 1. The first kappa shape index (κ1) is 13.1. The highest BCUT2D eigenvalue weighted by Crippen LogP contribution is 2.25. The van der Waals surface area contributed by atoms with Crippen molar-refractivity contribution in [1.82, 2.24) is 4.98 Å². The zero-order valence-corrected chi connectivity index (χ0v) is 8.40. The van der Waals surface area contributed by atoms with Crippen LogP contribution in [0.1, 0.15) is 19.6 Å². The molecule has 0 bridgehead atoms. The Morgan fingerprint density at radius 3 is 2.36 bits per heavy atom. The van der Waals surface area contributed by atoms with Crippen LogP contribution in [-0.4, -0.2) is 4.98 Å².